The molecule has 9 heteroatoms. The number of rotatable bonds is 8. The minimum atomic E-state index is -4.10. The molecule has 0 spiro atoms. The lowest BCUT2D eigenvalue weighted by molar-refractivity contribution is -0.132. The van der Waals surface area contributed by atoms with Gasteiger partial charge >= 0.3 is 0 Å². The Kier molecular flexibility index (Phi) is 7.51. The van der Waals surface area contributed by atoms with Crippen molar-refractivity contribution >= 4 is 21.8 Å². The molecule has 8 nitrogen and oxygen atoms in total. The number of aryl methyl sites for hydroxylation is 2. The third-order valence-corrected chi connectivity index (χ3v) is 8.62. The molecule has 3 atom stereocenters. The van der Waals surface area contributed by atoms with E-state index in [2.05, 4.69) is 36.6 Å². The summed E-state index contributed by atoms with van der Waals surface area (Å²) in [4.78, 5) is 25.7. The Balaban J connectivity index is 1.66. The zero-order valence-corrected chi connectivity index (χ0v) is 21.7. The monoisotopic (exact) mass is 510 g/mol. The molecule has 0 bridgehead atoms. The van der Waals surface area contributed by atoms with Crippen molar-refractivity contribution in [3.63, 3.8) is 0 Å². The first-order valence-electron chi connectivity index (χ1n) is 12.3. The Morgan fingerprint density at radius 2 is 1.92 bits per heavy atom. The number of amides is 2. The molecule has 2 aromatic rings. The number of fused-ring (bicyclic) bond motifs is 1. The molecular formula is C27H34N4O4S. The molecule has 192 valence electrons. The van der Waals surface area contributed by atoms with E-state index in [0.717, 1.165) is 34.7 Å². The summed E-state index contributed by atoms with van der Waals surface area (Å²) in [5.74, 6) is -2.37. The number of nitrogens with two attached hydrogens (primary N) is 1. The molecule has 1 heterocycles. The number of hydrogen-bond acceptors (Lipinski definition) is 5. The van der Waals surface area contributed by atoms with Crippen LogP contribution < -0.4 is 16.4 Å². The van der Waals surface area contributed by atoms with Crippen LogP contribution in [0.2, 0.25) is 0 Å². The summed E-state index contributed by atoms with van der Waals surface area (Å²) in [6, 6.07) is 11.8. The van der Waals surface area contributed by atoms with Gasteiger partial charge in [0.15, 0.2) is 0 Å². The first kappa shape index (κ1) is 25.9. The SMILES string of the molecule is Cc1ccc(S(=O)(=O)N2C=CNC(=O)[C@H]2C(Cc2ccc3c(c2)CCC[C@H]3NC(C)C)C(N)=O)cc1. The van der Waals surface area contributed by atoms with Crippen LogP contribution in [0.5, 0.6) is 0 Å². The zero-order chi connectivity index (χ0) is 26.0. The fourth-order valence-corrected chi connectivity index (χ4v) is 6.59. The van der Waals surface area contributed by atoms with E-state index in [1.54, 1.807) is 12.1 Å². The molecule has 1 unspecified atom stereocenters. The molecule has 2 aromatic carbocycles. The summed E-state index contributed by atoms with van der Waals surface area (Å²) in [6.07, 6.45) is 5.75. The molecule has 0 fully saturated rings. The largest absolute Gasteiger partial charge is 0.369 e. The fourth-order valence-electron chi connectivity index (χ4n) is 5.10. The van der Waals surface area contributed by atoms with Crippen LogP contribution in [0, 0.1) is 12.8 Å². The summed E-state index contributed by atoms with van der Waals surface area (Å²) >= 11 is 0. The Hall–Kier alpha value is -3.17. The van der Waals surface area contributed by atoms with Crippen molar-refractivity contribution in [3.8, 4) is 0 Å². The molecule has 1 aliphatic carbocycles. The van der Waals surface area contributed by atoms with Gasteiger partial charge in [-0.05, 0) is 61.4 Å². The quantitative estimate of drug-likeness (QED) is 0.504. The van der Waals surface area contributed by atoms with Crippen LogP contribution in [0.4, 0.5) is 0 Å². The lowest BCUT2D eigenvalue weighted by atomic mass is 9.84. The lowest BCUT2D eigenvalue weighted by Crippen LogP contribution is -2.56. The van der Waals surface area contributed by atoms with Gasteiger partial charge in [-0.15, -0.1) is 0 Å². The van der Waals surface area contributed by atoms with E-state index in [0.29, 0.717) is 6.04 Å². The molecule has 0 saturated heterocycles. The number of carbonyl (C=O) groups excluding carboxylic acids is 2. The average Bonchev–Trinajstić information content (AvgIpc) is 2.82. The van der Waals surface area contributed by atoms with Gasteiger partial charge in [0.25, 0.3) is 10.0 Å². The highest BCUT2D eigenvalue weighted by molar-refractivity contribution is 7.89. The summed E-state index contributed by atoms with van der Waals surface area (Å²) < 4.78 is 27.9. The van der Waals surface area contributed by atoms with Gasteiger partial charge < -0.3 is 16.4 Å². The van der Waals surface area contributed by atoms with Crippen LogP contribution in [0.1, 0.15) is 55.0 Å². The predicted octanol–water partition coefficient (Wildman–Crippen LogP) is 2.67. The number of nitrogens with one attached hydrogen (secondary N) is 2. The van der Waals surface area contributed by atoms with Gasteiger partial charge in [-0.1, -0.05) is 49.7 Å². The van der Waals surface area contributed by atoms with Crippen LogP contribution in [0.3, 0.4) is 0 Å². The molecule has 4 N–H and O–H groups in total. The van der Waals surface area contributed by atoms with Crippen molar-refractivity contribution in [3.05, 3.63) is 77.1 Å². The van der Waals surface area contributed by atoms with Crippen LogP contribution in [-0.4, -0.2) is 36.6 Å². The van der Waals surface area contributed by atoms with Crippen molar-refractivity contribution in [1.82, 2.24) is 14.9 Å². The average molecular weight is 511 g/mol. The van der Waals surface area contributed by atoms with E-state index in [9.17, 15) is 18.0 Å². The van der Waals surface area contributed by atoms with E-state index in [4.69, 9.17) is 5.73 Å². The summed E-state index contributed by atoms with van der Waals surface area (Å²) in [6.45, 7) is 6.11. The summed E-state index contributed by atoms with van der Waals surface area (Å²) in [5.41, 5.74) is 9.99. The Morgan fingerprint density at radius 1 is 1.19 bits per heavy atom. The highest BCUT2D eigenvalue weighted by atomic mass is 32.2. The zero-order valence-electron chi connectivity index (χ0n) is 20.9. The normalized spacial score (nSPS) is 20.7. The van der Waals surface area contributed by atoms with Gasteiger partial charge in [0.1, 0.15) is 6.04 Å². The maximum atomic E-state index is 13.5. The van der Waals surface area contributed by atoms with Crippen molar-refractivity contribution in [2.45, 2.75) is 69.5 Å². The first-order chi connectivity index (χ1) is 17.1. The second-order valence-electron chi connectivity index (χ2n) is 9.93. The Morgan fingerprint density at radius 3 is 2.58 bits per heavy atom. The third-order valence-electron chi connectivity index (χ3n) is 6.84. The van der Waals surface area contributed by atoms with E-state index < -0.39 is 33.8 Å². The van der Waals surface area contributed by atoms with E-state index >= 15 is 0 Å². The highest BCUT2D eigenvalue weighted by Gasteiger charge is 2.43. The van der Waals surface area contributed by atoms with Gasteiger partial charge in [0.2, 0.25) is 11.8 Å². The standard InChI is InChI=1S/C27H34N4O4S/c1-17(2)30-24-6-4-5-20-15-19(9-12-22(20)24)16-23(26(28)32)25-27(33)29-13-14-31(25)36(34,35)21-10-7-18(3)8-11-21/h7-15,17,23-25,30H,4-6,16H2,1-3H3,(H2,28,32)(H,29,33)/t23?,24-,25-/m1/s1. The maximum Gasteiger partial charge on any atom is 0.264 e. The smallest absolute Gasteiger partial charge is 0.264 e. The van der Waals surface area contributed by atoms with Crippen LogP contribution in [0.15, 0.2) is 59.8 Å². The molecule has 2 aliphatic rings. The maximum absolute atomic E-state index is 13.5. The van der Waals surface area contributed by atoms with Crippen LogP contribution in [-0.2, 0) is 32.5 Å². The van der Waals surface area contributed by atoms with Crippen LogP contribution in [0.25, 0.3) is 0 Å². The number of primary amides is 1. The molecule has 0 saturated carbocycles. The Labute approximate surface area is 213 Å². The second-order valence-corrected chi connectivity index (χ2v) is 11.8. The minimum Gasteiger partial charge on any atom is -0.369 e. The van der Waals surface area contributed by atoms with E-state index in [1.165, 1.54) is 35.7 Å². The lowest BCUT2D eigenvalue weighted by Gasteiger charge is -2.35. The molecule has 2 amide bonds. The number of sulfonamides is 1. The Bertz CT molecular complexity index is 1270. The molecule has 1 aliphatic heterocycles. The summed E-state index contributed by atoms with van der Waals surface area (Å²) in [7, 11) is -4.10. The fraction of sp³-hybridized carbons (Fsp3) is 0.407. The number of nitrogens with zero attached hydrogens (tertiary/aromatic N) is 1. The summed E-state index contributed by atoms with van der Waals surface area (Å²) in [5, 5.41) is 6.16. The number of benzene rings is 2. The van der Waals surface area contributed by atoms with Crippen LogP contribution >= 0.6 is 0 Å². The number of carbonyl (C=O) groups is 2. The first-order valence-corrected chi connectivity index (χ1v) is 13.8. The van der Waals surface area contributed by atoms with E-state index in [1.807, 2.05) is 13.0 Å². The van der Waals surface area contributed by atoms with Gasteiger partial charge in [-0.25, -0.2) is 8.42 Å². The number of hydrogen-bond donors (Lipinski definition) is 3. The van der Waals surface area contributed by atoms with Gasteiger partial charge in [-0.2, -0.15) is 0 Å². The van der Waals surface area contributed by atoms with Gasteiger partial charge in [-0.3, -0.25) is 13.9 Å². The molecule has 4 rings (SSSR count). The third kappa shape index (κ3) is 5.32. The van der Waals surface area contributed by atoms with Gasteiger partial charge in [0, 0.05) is 24.5 Å². The van der Waals surface area contributed by atoms with Crippen molar-refractivity contribution in [2.24, 2.45) is 11.7 Å². The highest BCUT2D eigenvalue weighted by Crippen LogP contribution is 2.32. The minimum absolute atomic E-state index is 0.0399. The van der Waals surface area contributed by atoms with Crippen molar-refractivity contribution in [1.29, 1.82) is 0 Å². The van der Waals surface area contributed by atoms with E-state index in [-0.39, 0.29) is 17.4 Å². The van der Waals surface area contributed by atoms with Crippen molar-refractivity contribution < 1.29 is 18.0 Å². The topological polar surface area (TPSA) is 122 Å². The molecule has 0 aromatic heterocycles. The molecular weight excluding hydrogens is 476 g/mol. The van der Waals surface area contributed by atoms with Crippen molar-refractivity contribution in [2.75, 3.05) is 0 Å². The second kappa shape index (κ2) is 10.4. The molecule has 0 radical (unpaired) electrons. The predicted molar refractivity (Wildman–Crippen MR) is 138 cm³/mol. The van der Waals surface area contributed by atoms with Gasteiger partial charge in [0.05, 0.1) is 10.8 Å². The molecule has 36 heavy (non-hydrogen) atoms.